The lowest BCUT2D eigenvalue weighted by Crippen LogP contribution is -2.43. The molecule has 1 spiro atoms. The largest absolute Gasteiger partial charge is 0.490 e. The molecule has 0 aromatic heterocycles. The van der Waals surface area contributed by atoms with Gasteiger partial charge >= 0.3 is 0 Å². The molecule has 110 valence electrons. The fraction of sp³-hybridized carbons (Fsp3) is 0.600. The second-order valence-corrected chi connectivity index (χ2v) is 7.20. The summed E-state index contributed by atoms with van der Waals surface area (Å²) in [6.45, 7) is 0.780. The van der Waals surface area contributed by atoms with Gasteiger partial charge in [-0.05, 0) is 24.3 Å². The molecule has 5 heteroatoms. The van der Waals surface area contributed by atoms with E-state index in [4.69, 9.17) is 32.7 Å². The molecule has 2 unspecified atom stereocenters. The molecule has 20 heavy (non-hydrogen) atoms. The molecular formula is C15H18Cl2O2S. The molecule has 3 rings (SSSR count). The van der Waals surface area contributed by atoms with E-state index in [2.05, 4.69) is 0 Å². The van der Waals surface area contributed by atoms with Crippen molar-refractivity contribution in [3.8, 4) is 5.75 Å². The predicted octanol–water partition coefficient (Wildman–Crippen LogP) is 4.51. The zero-order valence-corrected chi connectivity index (χ0v) is 13.6. The molecule has 2 nitrogen and oxygen atoms in total. The molecule has 0 amide bonds. The van der Waals surface area contributed by atoms with Crippen molar-refractivity contribution in [1.82, 2.24) is 0 Å². The Morgan fingerprint density at radius 2 is 2.35 bits per heavy atom. The molecule has 2 fully saturated rings. The predicted molar refractivity (Wildman–Crippen MR) is 85.3 cm³/mol. The van der Waals surface area contributed by atoms with Gasteiger partial charge in [0, 0.05) is 29.2 Å². The smallest absolute Gasteiger partial charge is 0.125 e. The van der Waals surface area contributed by atoms with E-state index in [9.17, 15) is 0 Å². The highest BCUT2D eigenvalue weighted by atomic mass is 35.5. The molecule has 0 aliphatic carbocycles. The van der Waals surface area contributed by atoms with Crippen LogP contribution in [0.5, 0.6) is 5.75 Å². The molecule has 0 bridgehead atoms. The van der Waals surface area contributed by atoms with Crippen LogP contribution >= 0.6 is 35.0 Å². The van der Waals surface area contributed by atoms with E-state index in [-0.39, 0.29) is 11.7 Å². The van der Waals surface area contributed by atoms with E-state index in [1.165, 1.54) is 5.75 Å². The van der Waals surface area contributed by atoms with E-state index < -0.39 is 0 Å². The van der Waals surface area contributed by atoms with Gasteiger partial charge < -0.3 is 9.47 Å². The number of hydrogen-bond acceptors (Lipinski definition) is 3. The first-order valence-electron chi connectivity index (χ1n) is 6.94. The van der Waals surface area contributed by atoms with Crippen molar-refractivity contribution >= 4 is 35.0 Å². The summed E-state index contributed by atoms with van der Waals surface area (Å²) >= 11 is 14.1. The Kier molecular flexibility index (Phi) is 4.71. The number of ether oxygens (including phenoxy) is 2. The maximum Gasteiger partial charge on any atom is 0.125 e. The van der Waals surface area contributed by atoms with E-state index in [0.717, 1.165) is 42.9 Å². The second kappa shape index (κ2) is 6.35. The van der Waals surface area contributed by atoms with Crippen LogP contribution in [0.1, 0.15) is 24.8 Å². The van der Waals surface area contributed by atoms with Crippen molar-refractivity contribution in [2.45, 2.75) is 36.8 Å². The average molecular weight is 333 g/mol. The lowest BCUT2D eigenvalue weighted by molar-refractivity contribution is -0.0960. The first-order valence-corrected chi connectivity index (χ1v) is 9.01. The highest BCUT2D eigenvalue weighted by Crippen LogP contribution is 2.40. The Labute approximate surface area is 134 Å². The summed E-state index contributed by atoms with van der Waals surface area (Å²) in [5.74, 6) is 3.47. The molecular weight excluding hydrogens is 315 g/mol. The first-order chi connectivity index (χ1) is 9.72. The van der Waals surface area contributed by atoms with Gasteiger partial charge in [-0.3, -0.25) is 0 Å². The Bertz CT molecular complexity index is 475. The fourth-order valence-corrected chi connectivity index (χ4v) is 4.86. The summed E-state index contributed by atoms with van der Waals surface area (Å²) in [7, 11) is 0. The summed E-state index contributed by atoms with van der Waals surface area (Å²) in [6.07, 6.45) is 3.23. The minimum absolute atomic E-state index is 0.0350. The zero-order valence-electron chi connectivity index (χ0n) is 11.2. The van der Waals surface area contributed by atoms with Gasteiger partial charge in [-0.1, -0.05) is 17.7 Å². The Morgan fingerprint density at radius 3 is 3.10 bits per heavy atom. The number of benzene rings is 1. The normalized spacial score (nSPS) is 29.8. The summed E-state index contributed by atoms with van der Waals surface area (Å²) < 4.78 is 12.2. The van der Waals surface area contributed by atoms with E-state index in [1.54, 1.807) is 0 Å². The van der Waals surface area contributed by atoms with Crippen LogP contribution < -0.4 is 4.74 Å². The standard InChI is InChI=1S/C15H18Cl2O2S/c16-9-12-13(17)2-1-3-14(12)19-11-4-6-18-15(8-11)5-7-20-10-15/h1-3,11H,4-10H2. The van der Waals surface area contributed by atoms with Gasteiger partial charge in [0.25, 0.3) is 0 Å². The SMILES string of the molecule is ClCc1c(Cl)cccc1OC1CCOC2(CCSC2)C1. The van der Waals surface area contributed by atoms with Crippen LogP contribution in [0, 0.1) is 0 Å². The summed E-state index contributed by atoms with van der Waals surface area (Å²) in [5, 5.41) is 0.677. The molecule has 2 aliphatic rings. The third-order valence-electron chi connectivity index (χ3n) is 4.02. The van der Waals surface area contributed by atoms with Gasteiger partial charge in [-0.25, -0.2) is 0 Å². The van der Waals surface area contributed by atoms with Crippen molar-refractivity contribution in [3.05, 3.63) is 28.8 Å². The van der Waals surface area contributed by atoms with Gasteiger partial charge in [0.2, 0.25) is 0 Å². The summed E-state index contributed by atoms with van der Waals surface area (Å²) in [4.78, 5) is 0. The van der Waals surface area contributed by atoms with Gasteiger partial charge in [-0.15, -0.1) is 11.6 Å². The molecule has 2 atom stereocenters. The van der Waals surface area contributed by atoms with Crippen molar-refractivity contribution in [2.75, 3.05) is 18.1 Å². The second-order valence-electron chi connectivity index (χ2n) is 5.42. The number of hydrogen-bond donors (Lipinski definition) is 0. The highest BCUT2D eigenvalue weighted by molar-refractivity contribution is 7.99. The third-order valence-corrected chi connectivity index (χ3v) is 5.86. The molecule has 2 saturated heterocycles. The van der Waals surface area contributed by atoms with Crippen molar-refractivity contribution in [1.29, 1.82) is 0 Å². The van der Waals surface area contributed by atoms with Crippen LogP contribution in [0.25, 0.3) is 0 Å². The molecule has 1 aromatic rings. The van der Waals surface area contributed by atoms with Crippen molar-refractivity contribution < 1.29 is 9.47 Å². The number of rotatable bonds is 3. The Morgan fingerprint density at radius 1 is 1.45 bits per heavy atom. The van der Waals surface area contributed by atoms with E-state index in [1.807, 2.05) is 30.0 Å². The highest BCUT2D eigenvalue weighted by Gasteiger charge is 2.41. The Balaban J connectivity index is 1.73. The fourth-order valence-electron chi connectivity index (χ4n) is 2.91. The lowest BCUT2D eigenvalue weighted by atomic mass is 9.91. The maximum absolute atomic E-state index is 6.19. The van der Waals surface area contributed by atoms with Gasteiger partial charge in [0.05, 0.1) is 18.1 Å². The third kappa shape index (κ3) is 3.06. The zero-order chi connectivity index (χ0) is 14.0. The van der Waals surface area contributed by atoms with Gasteiger partial charge in [0.15, 0.2) is 0 Å². The summed E-state index contributed by atoms with van der Waals surface area (Å²) in [6, 6.07) is 5.72. The molecule has 1 aromatic carbocycles. The summed E-state index contributed by atoms with van der Waals surface area (Å²) in [5.41, 5.74) is 0.921. The first kappa shape index (κ1) is 14.8. The van der Waals surface area contributed by atoms with Gasteiger partial charge in [-0.2, -0.15) is 11.8 Å². The maximum atomic E-state index is 6.19. The lowest BCUT2D eigenvalue weighted by Gasteiger charge is -2.37. The molecule has 0 saturated carbocycles. The minimum atomic E-state index is 0.0350. The van der Waals surface area contributed by atoms with Crippen LogP contribution in [0.3, 0.4) is 0 Å². The molecule has 0 N–H and O–H groups in total. The number of alkyl halides is 1. The molecule has 2 heterocycles. The van der Waals surface area contributed by atoms with Crippen LogP contribution in [0.4, 0.5) is 0 Å². The molecule has 0 radical (unpaired) electrons. The van der Waals surface area contributed by atoms with Crippen LogP contribution in [0.2, 0.25) is 5.02 Å². The van der Waals surface area contributed by atoms with Crippen molar-refractivity contribution in [3.63, 3.8) is 0 Å². The van der Waals surface area contributed by atoms with Crippen LogP contribution in [0.15, 0.2) is 18.2 Å². The topological polar surface area (TPSA) is 18.5 Å². The Hall–Kier alpha value is -0.0900. The average Bonchev–Trinajstić information content (AvgIpc) is 2.87. The minimum Gasteiger partial charge on any atom is -0.490 e. The number of thioether (sulfide) groups is 1. The van der Waals surface area contributed by atoms with Gasteiger partial charge in [0.1, 0.15) is 11.9 Å². The quantitative estimate of drug-likeness (QED) is 0.758. The van der Waals surface area contributed by atoms with Crippen LogP contribution in [-0.2, 0) is 10.6 Å². The van der Waals surface area contributed by atoms with Crippen molar-refractivity contribution in [2.24, 2.45) is 0 Å². The van der Waals surface area contributed by atoms with E-state index in [0.29, 0.717) is 10.9 Å². The van der Waals surface area contributed by atoms with Crippen LogP contribution in [-0.4, -0.2) is 29.8 Å². The monoisotopic (exact) mass is 332 g/mol. The molecule has 2 aliphatic heterocycles. The van der Waals surface area contributed by atoms with E-state index >= 15 is 0 Å². The number of halogens is 2.